The minimum absolute atomic E-state index is 0.191. The molecule has 0 saturated carbocycles. The van der Waals surface area contributed by atoms with Gasteiger partial charge in [0.05, 0.1) is 12.8 Å². The Morgan fingerprint density at radius 3 is 2.63 bits per heavy atom. The summed E-state index contributed by atoms with van der Waals surface area (Å²) in [6.07, 6.45) is 1.93. The molecule has 2 amide bonds. The summed E-state index contributed by atoms with van der Waals surface area (Å²) in [7, 11) is 1.59. The average Bonchev–Trinajstić information content (AvgIpc) is 2.79. The summed E-state index contributed by atoms with van der Waals surface area (Å²) in [4.78, 5) is 24.3. The van der Waals surface area contributed by atoms with Gasteiger partial charge in [-0.15, -0.1) is 0 Å². The molecule has 0 unspecified atom stereocenters. The molecule has 6 heteroatoms. The Bertz CT molecular complexity index is 414. The number of furan rings is 1. The number of urea groups is 1. The summed E-state index contributed by atoms with van der Waals surface area (Å²) in [6.45, 7) is 4.12. The van der Waals surface area contributed by atoms with E-state index in [9.17, 15) is 9.59 Å². The maximum Gasteiger partial charge on any atom is 0.326 e. The quantitative estimate of drug-likeness (QED) is 0.825. The summed E-state index contributed by atoms with van der Waals surface area (Å²) in [6, 6.07) is 2.20. The van der Waals surface area contributed by atoms with E-state index in [-0.39, 0.29) is 5.92 Å². The van der Waals surface area contributed by atoms with Crippen molar-refractivity contribution in [1.82, 2.24) is 10.2 Å². The van der Waals surface area contributed by atoms with Crippen LogP contribution in [0.4, 0.5) is 4.79 Å². The first-order valence-electron chi connectivity index (χ1n) is 6.17. The Morgan fingerprint density at radius 1 is 1.47 bits per heavy atom. The number of aliphatic carboxylic acids is 1. The van der Waals surface area contributed by atoms with E-state index in [2.05, 4.69) is 5.32 Å². The number of hydrogen-bond donors (Lipinski definition) is 2. The Kier molecular flexibility index (Phi) is 5.41. The molecule has 1 aromatic heterocycles. The van der Waals surface area contributed by atoms with Crippen LogP contribution in [0.1, 0.15) is 26.0 Å². The topological polar surface area (TPSA) is 82.8 Å². The van der Waals surface area contributed by atoms with Gasteiger partial charge < -0.3 is 19.7 Å². The maximum absolute atomic E-state index is 11.9. The average molecular weight is 268 g/mol. The number of carboxylic acids is 1. The molecule has 1 heterocycles. The van der Waals surface area contributed by atoms with Gasteiger partial charge in [0.15, 0.2) is 0 Å². The SMILES string of the molecule is CC(C)C[C@H](NC(=O)N(C)Cc1ccco1)C(=O)O. The monoisotopic (exact) mass is 268 g/mol. The molecule has 0 aliphatic carbocycles. The van der Waals surface area contributed by atoms with Crippen LogP contribution < -0.4 is 5.32 Å². The third-order valence-electron chi connectivity index (χ3n) is 2.62. The highest BCUT2D eigenvalue weighted by molar-refractivity contribution is 5.82. The lowest BCUT2D eigenvalue weighted by Gasteiger charge is -2.21. The zero-order valence-corrected chi connectivity index (χ0v) is 11.4. The Morgan fingerprint density at radius 2 is 2.16 bits per heavy atom. The first-order valence-corrected chi connectivity index (χ1v) is 6.17. The molecule has 0 spiro atoms. The highest BCUT2D eigenvalue weighted by atomic mass is 16.4. The number of hydrogen-bond acceptors (Lipinski definition) is 3. The highest BCUT2D eigenvalue weighted by Crippen LogP contribution is 2.07. The van der Waals surface area contributed by atoms with Gasteiger partial charge in [-0.25, -0.2) is 9.59 Å². The predicted molar refractivity (Wildman–Crippen MR) is 69.6 cm³/mol. The molecule has 0 radical (unpaired) electrons. The summed E-state index contributed by atoms with van der Waals surface area (Å²) >= 11 is 0. The molecule has 19 heavy (non-hydrogen) atoms. The van der Waals surface area contributed by atoms with Crippen molar-refractivity contribution in [2.75, 3.05) is 7.05 Å². The van der Waals surface area contributed by atoms with Crippen LogP contribution in [0.5, 0.6) is 0 Å². The standard InChI is InChI=1S/C13H20N2O4/c1-9(2)7-11(12(16)17)14-13(18)15(3)8-10-5-4-6-19-10/h4-6,9,11H,7-8H2,1-3H3,(H,14,18)(H,16,17)/t11-/m0/s1. The third kappa shape index (κ3) is 5.03. The Labute approximate surface area is 112 Å². The van der Waals surface area contributed by atoms with Gasteiger partial charge in [0.2, 0.25) is 0 Å². The second-order valence-corrected chi connectivity index (χ2v) is 4.91. The molecular weight excluding hydrogens is 248 g/mol. The van der Waals surface area contributed by atoms with Crippen LogP contribution in [-0.4, -0.2) is 35.1 Å². The van der Waals surface area contributed by atoms with Crippen molar-refractivity contribution in [3.63, 3.8) is 0 Å². The molecule has 6 nitrogen and oxygen atoms in total. The van der Waals surface area contributed by atoms with Gasteiger partial charge in [-0.3, -0.25) is 0 Å². The first-order chi connectivity index (χ1) is 8.90. The number of nitrogens with one attached hydrogen (secondary N) is 1. The lowest BCUT2D eigenvalue weighted by Crippen LogP contribution is -2.46. The van der Waals surface area contributed by atoms with Crippen LogP contribution in [0.3, 0.4) is 0 Å². The molecule has 106 valence electrons. The number of amides is 2. The predicted octanol–water partition coefficient (Wildman–Crippen LogP) is 1.92. The second-order valence-electron chi connectivity index (χ2n) is 4.91. The minimum Gasteiger partial charge on any atom is -0.480 e. The van der Waals surface area contributed by atoms with Crippen LogP contribution in [0.2, 0.25) is 0 Å². The fraction of sp³-hybridized carbons (Fsp3) is 0.538. The van der Waals surface area contributed by atoms with Gasteiger partial charge in [-0.2, -0.15) is 0 Å². The molecule has 2 N–H and O–H groups in total. The first kappa shape index (κ1) is 15.1. The molecule has 0 fully saturated rings. The van der Waals surface area contributed by atoms with Crippen molar-refractivity contribution in [2.24, 2.45) is 5.92 Å². The molecule has 1 atom stereocenters. The van der Waals surface area contributed by atoms with Crippen molar-refractivity contribution in [1.29, 1.82) is 0 Å². The van der Waals surface area contributed by atoms with Crippen molar-refractivity contribution in [2.45, 2.75) is 32.9 Å². The van der Waals surface area contributed by atoms with Crippen LogP contribution in [0, 0.1) is 5.92 Å². The molecule has 0 aliphatic rings. The zero-order chi connectivity index (χ0) is 14.4. The van der Waals surface area contributed by atoms with Crippen molar-refractivity contribution >= 4 is 12.0 Å². The largest absolute Gasteiger partial charge is 0.480 e. The van der Waals surface area contributed by atoms with Crippen LogP contribution in [0.25, 0.3) is 0 Å². The normalized spacial score (nSPS) is 12.2. The number of carbonyl (C=O) groups excluding carboxylic acids is 1. The minimum atomic E-state index is -1.02. The van der Waals surface area contributed by atoms with Crippen molar-refractivity contribution in [3.05, 3.63) is 24.2 Å². The van der Waals surface area contributed by atoms with Crippen LogP contribution in [0.15, 0.2) is 22.8 Å². The van der Waals surface area contributed by atoms with E-state index in [1.807, 2.05) is 13.8 Å². The zero-order valence-electron chi connectivity index (χ0n) is 11.4. The van der Waals surface area contributed by atoms with E-state index in [4.69, 9.17) is 9.52 Å². The van der Waals surface area contributed by atoms with E-state index in [0.717, 1.165) is 0 Å². The molecule has 0 bridgehead atoms. The number of carbonyl (C=O) groups is 2. The lowest BCUT2D eigenvalue weighted by atomic mass is 10.0. The highest BCUT2D eigenvalue weighted by Gasteiger charge is 2.22. The van der Waals surface area contributed by atoms with E-state index in [1.165, 1.54) is 11.2 Å². The number of carboxylic acid groups (broad SMARTS) is 1. The van der Waals surface area contributed by atoms with Crippen LogP contribution in [-0.2, 0) is 11.3 Å². The van der Waals surface area contributed by atoms with Crippen LogP contribution >= 0.6 is 0 Å². The summed E-state index contributed by atoms with van der Waals surface area (Å²) in [5, 5.41) is 11.6. The third-order valence-corrected chi connectivity index (χ3v) is 2.62. The number of nitrogens with zero attached hydrogens (tertiary/aromatic N) is 1. The van der Waals surface area contributed by atoms with Gasteiger partial charge >= 0.3 is 12.0 Å². The Balaban J connectivity index is 2.53. The van der Waals surface area contributed by atoms with Gasteiger partial charge in [-0.1, -0.05) is 13.8 Å². The van der Waals surface area contributed by atoms with Gasteiger partial charge in [-0.05, 0) is 24.5 Å². The summed E-state index contributed by atoms with van der Waals surface area (Å²) in [5.74, 6) is -0.182. The van der Waals surface area contributed by atoms with Gasteiger partial charge in [0.25, 0.3) is 0 Å². The van der Waals surface area contributed by atoms with E-state index in [1.54, 1.807) is 19.2 Å². The fourth-order valence-corrected chi connectivity index (χ4v) is 1.66. The summed E-state index contributed by atoms with van der Waals surface area (Å²) in [5.41, 5.74) is 0. The molecule has 1 rings (SSSR count). The fourth-order valence-electron chi connectivity index (χ4n) is 1.66. The smallest absolute Gasteiger partial charge is 0.326 e. The lowest BCUT2D eigenvalue weighted by molar-refractivity contribution is -0.139. The Hall–Kier alpha value is -1.98. The molecule has 0 aromatic carbocycles. The molecular formula is C13H20N2O4. The molecule has 1 aromatic rings. The van der Waals surface area contributed by atoms with Crippen molar-refractivity contribution < 1.29 is 19.1 Å². The molecule has 0 aliphatic heterocycles. The number of rotatable bonds is 6. The van der Waals surface area contributed by atoms with Crippen molar-refractivity contribution in [3.8, 4) is 0 Å². The summed E-state index contributed by atoms with van der Waals surface area (Å²) < 4.78 is 5.13. The maximum atomic E-state index is 11.9. The van der Waals surface area contributed by atoms with E-state index >= 15 is 0 Å². The second kappa shape index (κ2) is 6.82. The van der Waals surface area contributed by atoms with E-state index in [0.29, 0.717) is 18.7 Å². The van der Waals surface area contributed by atoms with E-state index < -0.39 is 18.0 Å². The molecule has 0 saturated heterocycles. The van der Waals surface area contributed by atoms with Gasteiger partial charge in [0.1, 0.15) is 11.8 Å². The van der Waals surface area contributed by atoms with Gasteiger partial charge in [0, 0.05) is 7.05 Å².